The third kappa shape index (κ3) is 1.78. The van der Waals surface area contributed by atoms with Crippen molar-refractivity contribution in [2.45, 2.75) is 58.0 Å². The highest BCUT2D eigenvalue weighted by molar-refractivity contribution is 5.92. The highest BCUT2D eigenvalue weighted by Crippen LogP contribution is 2.65. The van der Waals surface area contributed by atoms with Crippen LogP contribution in [0.3, 0.4) is 0 Å². The lowest BCUT2D eigenvalue weighted by atomic mass is 9.48. The van der Waals surface area contributed by atoms with E-state index in [-0.39, 0.29) is 16.6 Å². The van der Waals surface area contributed by atoms with E-state index in [0.717, 1.165) is 32.1 Å². The van der Waals surface area contributed by atoms with Crippen molar-refractivity contribution in [1.29, 1.82) is 0 Å². The Morgan fingerprint density at radius 1 is 1.22 bits per heavy atom. The Kier molecular flexibility index (Phi) is 3.05. The van der Waals surface area contributed by atoms with Crippen LogP contribution in [0.2, 0.25) is 0 Å². The van der Waals surface area contributed by atoms with Gasteiger partial charge in [-0.3, -0.25) is 4.79 Å². The third-order valence-corrected chi connectivity index (χ3v) is 7.91. The zero-order valence-corrected chi connectivity index (χ0v) is 14.1. The van der Waals surface area contributed by atoms with Gasteiger partial charge in [-0.1, -0.05) is 31.9 Å². The molecular weight excluding hydrogens is 284 g/mol. The minimum Gasteiger partial charge on any atom is -0.377 e. The normalized spacial score (nSPS) is 51.3. The van der Waals surface area contributed by atoms with Gasteiger partial charge in [0.25, 0.3) is 0 Å². The fraction of sp³-hybridized carbons (Fsp3) is 0.667. The number of carbonyl (C=O) groups excluding carboxylic acids is 1. The SMILES string of the molecule is C#C[C@]1(O)CC[C@H]2[C@@H]3C=CC4=CC(=O)CC[C@]4(C)[C@H]3CC[C@@]21C. The number of terminal acetylenes is 1. The Bertz CT molecular complexity index is 666. The molecule has 4 aliphatic carbocycles. The Morgan fingerprint density at radius 2 is 1.96 bits per heavy atom. The second-order valence-electron chi connectivity index (χ2n) is 8.63. The minimum absolute atomic E-state index is 0.117. The van der Waals surface area contributed by atoms with Gasteiger partial charge in [-0.25, -0.2) is 0 Å². The molecule has 0 bridgehead atoms. The lowest BCUT2D eigenvalue weighted by molar-refractivity contribution is -0.117. The summed E-state index contributed by atoms with van der Waals surface area (Å²) < 4.78 is 0. The van der Waals surface area contributed by atoms with Crippen LogP contribution in [0, 0.1) is 40.9 Å². The summed E-state index contributed by atoms with van der Waals surface area (Å²) in [5.74, 6) is 4.50. The molecule has 4 rings (SSSR count). The summed E-state index contributed by atoms with van der Waals surface area (Å²) in [6, 6.07) is 0. The van der Waals surface area contributed by atoms with Crippen molar-refractivity contribution in [1.82, 2.24) is 0 Å². The van der Waals surface area contributed by atoms with Gasteiger partial charge < -0.3 is 5.11 Å². The minimum atomic E-state index is -0.948. The Morgan fingerprint density at radius 3 is 2.70 bits per heavy atom. The molecule has 0 aliphatic heterocycles. The monoisotopic (exact) mass is 310 g/mol. The first-order valence-corrected chi connectivity index (χ1v) is 8.97. The number of allylic oxidation sites excluding steroid dienone is 4. The summed E-state index contributed by atoms with van der Waals surface area (Å²) in [5, 5.41) is 11.0. The second-order valence-corrected chi connectivity index (χ2v) is 8.63. The quantitative estimate of drug-likeness (QED) is 0.693. The highest BCUT2D eigenvalue weighted by atomic mass is 16.3. The van der Waals surface area contributed by atoms with Gasteiger partial charge in [-0.05, 0) is 66.9 Å². The second kappa shape index (κ2) is 4.61. The van der Waals surface area contributed by atoms with Gasteiger partial charge >= 0.3 is 0 Å². The maximum atomic E-state index is 11.8. The molecule has 122 valence electrons. The van der Waals surface area contributed by atoms with Gasteiger partial charge in [0.05, 0.1) is 0 Å². The molecule has 2 saturated carbocycles. The van der Waals surface area contributed by atoms with E-state index in [1.807, 2.05) is 6.08 Å². The summed E-state index contributed by atoms with van der Waals surface area (Å²) in [7, 11) is 0. The van der Waals surface area contributed by atoms with Gasteiger partial charge in [0.15, 0.2) is 5.78 Å². The Labute approximate surface area is 139 Å². The van der Waals surface area contributed by atoms with Crippen LogP contribution in [0.1, 0.15) is 52.4 Å². The summed E-state index contributed by atoms with van der Waals surface area (Å²) >= 11 is 0. The van der Waals surface area contributed by atoms with E-state index < -0.39 is 5.60 Å². The third-order valence-electron chi connectivity index (χ3n) is 7.91. The van der Waals surface area contributed by atoms with Gasteiger partial charge in [0.1, 0.15) is 5.60 Å². The lowest BCUT2D eigenvalue weighted by Gasteiger charge is -2.56. The van der Waals surface area contributed by atoms with Crippen LogP contribution in [-0.4, -0.2) is 16.5 Å². The molecule has 0 radical (unpaired) electrons. The average Bonchev–Trinajstić information content (AvgIpc) is 2.80. The van der Waals surface area contributed by atoms with Crippen LogP contribution in [0.4, 0.5) is 0 Å². The van der Waals surface area contributed by atoms with Crippen LogP contribution < -0.4 is 0 Å². The van der Waals surface area contributed by atoms with Gasteiger partial charge in [-0.2, -0.15) is 0 Å². The van der Waals surface area contributed by atoms with E-state index >= 15 is 0 Å². The van der Waals surface area contributed by atoms with E-state index in [1.54, 1.807) is 0 Å². The number of hydrogen-bond donors (Lipinski definition) is 1. The van der Waals surface area contributed by atoms with Gasteiger partial charge in [-0.15, -0.1) is 6.42 Å². The molecule has 1 N–H and O–H groups in total. The molecule has 0 aromatic heterocycles. The number of ketones is 1. The highest BCUT2D eigenvalue weighted by Gasteiger charge is 2.62. The van der Waals surface area contributed by atoms with E-state index in [2.05, 4.69) is 31.9 Å². The number of carbonyl (C=O) groups is 1. The predicted molar refractivity (Wildman–Crippen MR) is 90.4 cm³/mol. The summed E-state index contributed by atoms with van der Waals surface area (Å²) in [6.07, 6.45) is 17.5. The topological polar surface area (TPSA) is 37.3 Å². The molecule has 0 aromatic carbocycles. The molecule has 2 heteroatoms. The van der Waals surface area contributed by atoms with Crippen molar-refractivity contribution in [2.75, 3.05) is 0 Å². The van der Waals surface area contributed by atoms with Gasteiger partial charge in [0, 0.05) is 11.8 Å². The van der Waals surface area contributed by atoms with Crippen LogP contribution >= 0.6 is 0 Å². The molecule has 0 spiro atoms. The van der Waals surface area contributed by atoms with Crippen LogP contribution in [0.25, 0.3) is 0 Å². The van der Waals surface area contributed by atoms with E-state index in [0.29, 0.717) is 24.2 Å². The fourth-order valence-corrected chi connectivity index (χ4v) is 6.25. The number of fused-ring (bicyclic) bond motifs is 5. The fourth-order valence-electron chi connectivity index (χ4n) is 6.25. The molecule has 23 heavy (non-hydrogen) atoms. The van der Waals surface area contributed by atoms with Crippen molar-refractivity contribution >= 4 is 5.78 Å². The first kappa shape index (κ1) is 15.2. The molecule has 0 aromatic rings. The number of rotatable bonds is 0. The van der Waals surface area contributed by atoms with Crippen molar-refractivity contribution in [3.05, 3.63) is 23.8 Å². The lowest BCUT2D eigenvalue weighted by Crippen LogP contribution is -2.53. The molecule has 0 saturated heterocycles. The Balaban J connectivity index is 1.76. The van der Waals surface area contributed by atoms with Crippen LogP contribution in [-0.2, 0) is 4.79 Å². The van der Waals surface area contributed by atoms with E-state index in [4.69, 9.17) is 6.42 Å². The van der Waals surface area contributed by atoms with Crippen LogP contribution in [0.5, 0.6) is 0 Å². The predicted octanol–water partition coefficient (Wildman–Crippen LogP) is 3.66. The molecule has 2 nitrogen and oxygen atoms in total. The molecule has 2 fully saturated rings. The van der Waals surface area contributed by atoms with Crippen molar-refractivity contribution in [2.24, 2.45) is 28.6 Å². The van der Waals surface area contributed by atoms with Gasteiger partial charge in [0.2, 0.25) is 0 Å². The molecule has 0 unspecified atom stereocenters. The van der Waals surface area contributed by atoms with Crippen molar-refractivity contribution in [3.8, 4) is 12.3 Å². The molecular formula is C21H26O2. The van der Waals surface area contributed by atoms with Crippen LogP contribution in [0.15, 0.2) is 23.8 Å². The molecule has 4 aliphatic rings. The maximum absolute atomic E-state index is 11.8. The first-order chi connectivity index (χ1) is 10.8. The van der Waals surface area contributed by atoms with Crippen molar-refractivity contribution in [3.63, 3.8) is 0 Å². The molecule has 6 atom stereocenters. The van der Waals surface area contributed by atoms with Crippen molar-refractivity contribution < 1.29 is 9.90 Å². The smallest absolute Gasteiger partial charge is 0.156 e. The average molecular weight is 310 g/mol. The standard InChI is InChI=1S/C21H26O2/c1-4-21(23)12-9-18-16-6-5-14-13-15(22)7-10-19(14,2)17(16)8-11-20(18,21)3/h1,5-6,13,16-18,23H,7-12H2,2-3H3/t16-,17+,18+,19+,20+,21+/m1/s1. The van der Waals surface area contributed by atoms with E-state index in [9.17, 15) is 9.90 Å². The van der Waals surface area contributed by atoms with E-state index in [1.165, 1.54) is 5.57 Å². The zero-order chi connectivity index (χ0) is 16.5. The largest absolute Gasteiger partial charge is 0.377 e. The summed E-state index contributed by atoms with van der Waals surface area (Å²) in [4.78, 5) is 11.8. The number of aliphatic hydroxyl groups is 1. The molecule has 0 amide bonds. The summed E-state index contributed by atoms with van der Waals surface area (Å²) in [6.45, 7) is 4.55. The number of hydrogen-bond acceptors (Lipinski definition) is 2. The summed E-state index contributed by atoms with van der Waals surface area (Å²) in [5.41, 5.74) is 0.223. The maximum Gasteiger partial charge on any atom is 0.156 e. The Hall–Kier alpha value is -1.33. The zero-order valence-electron chi connectivity index (χ0n) is 14.1. The molecule has 0 heterocycles. The first-order valence-electron chi connectivity index (χ1n) is 8.97.